The van der Waals surface area contributed by atoms with E-state index in [1.165, 1.54) is 24.3 Å². The molecule has 19 heavy (non-hydrogen) atoms. The maximum absolute atomic E-state index is 12.3. The van der Waals surface area contributed by atoms with Crippen molar-refractivity contribution < 1.29 is 22.3 Å². The van der Waals surface area contributed by atoms with Gasteiger partial charge in [0.05, 0.1) is 11.0 Å². The molecule has 0 saturated heterocycles. The fourth-order valence-electron chi connectivity index (χ4n) is 1.99. The van der Waals surface area contributed by atoms with Crippen LogP contribution in [0.2, 0.25) is 0 Å². The molecule has 4 nitrogen and oxygen atoms in total. The summed E-state index contributed by atoms with van der Waals surface area (Å²) in [6.45, 7) is 0.679. The van der Waals surface area contributed by atoms with Gasteiger partial charge in [-0.3, -0.25) is 0 Å². The number of sulfone groups is 1. The van der Waals surface area contributed by atoms with Crippen molar-refractivity contribution >= 4 is 15.5 Å². The molecule has 2 rings (SSSR count). The first-order valence-corrected chi connectivity index (χ1v) is 7.48. The number of anilines is 1. The first-order chi connectivity index (χ1) is 8.89. The molecule has 106 valence electrons. The Kier molecular flexibility index (Phi) is 4.05. The minimum Gasteiger partial charge on any atom is -0.393 e. The zero-order valence-corrected chi connectivity index (χ0v) is 10.9. The van der Waals surface area contributed by atoms with Crippen molar-refractivity contribution in [3.05, 3.63) is 24.3 Å². The lowest BCUT2D eigenvalue weighted by atomic mass is 9.82. The van der Waals surface area contributed by atoms with Gasteiger partial charge in [-0.2, -0.15) is 8.78 Å². The average molecular weight is 291 g/mol. The van der Waals surface area contributed by atoms with Crippen LogP contribution in [0.3, 0.4) is 0 Å². The highest BCUT2D eigenvalue weighted by Crippen LogP contribution is 2.27. The van der Waals surface area contributed by atoms with E-state index in [2.05, 4.69) is 5.32 Å². The molecule has 0 radical (unpaired) electrons. The van der Waals surface area contributed by atoms with E-state index in [0.717, 1.165) is 12.8 Å². The topological polar surface area (TPSA) is 66.4 Å². The van der Waals surface area contributed by atoms with E-state index < -0.39 is 15.6 Å². The Hall–Kier alpha value is -1.21. The number of hydrogen-bond donors (Lipinski definition) is 2. The summed E-state index contributed by atoms with van der Waals surface area (Å²) in [6.07, 6.45) is 1.29. The Morgan fingerprint density at radius 3 is 2.32 bits per heavy atom. The third-order valence-corrected chi connectivity index (χ3v) is 4.62. The van der Waals surface area contributed by atoms with Crippen molar-refractivity contribution in [2.45, 2.75) is 29.6 Å². The van der Waals surface area contributed by atoms with Crippen molar-refractivity contribution in [1.82, 2.24) is 0 Å². The maximum Gasteiger partial charge on any atom is 0.341 e. The third kappa shape index (κ3) is 3.22. The van der Waals surface area contributed by atoms with Gasteiger partial charge in [0.25, 0.3) is 0 Å². The van der Waals surface area contributed by atoms with Crippen LogP contribution in [-0.4, -0.2) is 31.9 Å². The molecule has 0 aliphatic heterocycles. The highest BCUT2D eigenvalue weighted by Gasteiger charge is 2.27. The third-order valence-electron chi connectivity index (χ3n) is 3.22. The van der Waals surface area contributed by atoms with Gasteiger partial charge in [-0.1, -0.05) is 0 Å². The maximum atomic E-state index is 12.3. The van der Waals surface area contributed by atoms with Crippen LogP contribution in [0.4, 0.5) is 14.5 Å². The quantitative estimate of drug-likeness (QED) is 0.869. The SMILES string of the molecule is O=S(=O)(c1ccc(NCC2CC(O)C2)cc1)C(F)F. The van der Waals surface area contributed by atoms with Gasteiger partial charge in [-0.05, 0) is 43.0 Å². The van der Waals surface area contributed by atoms with E-state index in [1.807, 2.05) is 0 Å². The van der Waals surface area contributed by atoms with E-state index in [1.54, 1.807) is 0 Å². The number of halogens is 2. The van der Waals surface area contributed by atoms with Crippen molar-refractivity contribution in [1.29, 1.82) is 0 Å². The first-order valence-electron chi connectivity index (χ1n) is 5.93. The van der Waals surface area contributed by atoms with E-state index in [4.69, 9.17) is 5.11 Å². The number of aliphatic hydroxyl groups excluding tert-OH is 1. The summed E-state index contributed by atoms with van der Waals surface area (Å²) in [5, 5.41) is 12.2. The lowest BCUT2D eigenvalue weighted by molar-refractivity contribution is 0.0487. The van der Waals surface area contributed by atoms with Crippen LogP contribution in [0.1, 0.15) is 12.8 Å². The van der Waals surface area contributed by atoms with Crippen molar-refractivity contribution in [2.75, 3.05) is 11.9 Å². The fourth-order valence-corrected chi connectivity index (χ4v) is 2.72. The molecule has 1 aromatic carbocycles. The lowest BCUT2D eigenvalue weighted by Crippen LogP contribution is -2.33. The van der Waals surface area contributed by atoms with Crippen molar-refractivity contribution in [2.24, 2.45) is 5.92 Å². The van der Waals surface area contributed by atoms with Crippen LogP contribution < -0.4 is 5.32 Å². The van der Waals surface area contributed by atoms with E-state index >= 15 is 0 Å². The van der Waals surface area contributed by atoms with Gasteiger partial charge in [0, 0.05) is 12.2 Å². The molecule has 7 heteroatoms. The summed E-state index contributed by atoms with van der Waals surface area (Å²) in [6, 6.07) is 5.26. The molecule has 0 spiro atoms. The Bertz CT molecular complexity index is 524. The van der Waals surface area contributed by atoms with Crippen LogP contribution in [0, 0.1) is 5.92 Å². The molecule has 0 amide bonds. The van der Waals surface area contributed by atoms with Crippen LogP contribution in [-0.2, 0) is 9.84 Å². The minimum absolute atomic E-state index is 0.217. The van der Waals surface area contributed by atoms with Crippen molar-refractivity contribution in [3.63, 3.8) is 0 Å². The van der Waals surface area contributed by atoms with Crippen LogP contribution in [0.15, 0.2) is 29.2 Å². The zero-order chi connectivity index (χ0) is 14.0. The highest BCUT2D eigenvalue weighted by atomic mass is 32.2. The predicted octanol–water partition coefficient (Wildman–Crippen LogP) is 1.87. The summed E-state index contributed by atoms with van der Waals surface area (Å²) in [5.41, 5.74) is 0.676. The molecule has 2 N–H and O–H groups in total. The molecular weight excluding hydrogens is 276 g/mol. The first kappa shape index (κ1) is 14.2. The second-order valence-corrected chi connectivity index (χ2v) is 6.62. The molecule has 0 aromatic heterocycles. The number of alkyl halides is 2. The molecule has 0 unspecified atom stereocenters. The van der Waals surface area contributed by atoms with Gasteiger partial charge in [0.15, 0.2) is 0 Å². The fraction of sp³-hybridized carbons (Fsp3) is 0.500. The number of nitrogens with one attached hydrogen (secondary N) is 1. The molecule has 1 aromatic rings. The van der Waals surface area contributed by atoms with E-state index in [9.17, 15) is 17.2 Å². The standard InChI is InChI=1S/C12H15F2NO3S/c13-12(14)19(17,18)11-3-1-9(2-4-11)15-7-8-5-10(16)6-8/h1-4,8,10,12,15-16H,5-7H2. The molecule has 0 atom stereocenters. The average Bonchev–Trinajstić information content (AvgIpc) is 2.33. The van der Waals surface area contributed by atoms with Crippen molar-refractivity contribution in [3.8, 4) is 0 Å². The van der Waals surface area contributed by atoms with Gasteiger partial charge in [-0.15, -0.1) is 0 Å². The molecule has 0 heterocycles. The summed E-state index contributed by atoms with van der Waals surface area (Å²) in [5.74, 6) is -3.00. The zero-order valence-electron chi connectivity index (χ0n) is 10.1. The molecule has 1 fully saturated rings. The number of rotatable bonds is 5. The monoisotopic (exact) mass is 291 g/mol. The largest absolute Gasteiger partial charge is 0.393 e. The Labute approximate surface area is 110 Å². The number of aliphatic hydroxyl groups is 1. The smallest absolute Gasteiger partial charge is 0.341 e. The van der Waals surface area contributed by atoms with Gasteiger partial charge >= 0.3 is 5.76 Å². The van der Waals surface area contributed by atoms with Gasteiger partial charge in [0.1, 0.15) is 0 Å². The van der Waals surface area contributed by atoms with E-state index in [-0.39, 0.29) is 11.0 Å². The van der Waals surface area contributed by atoms with E-state index in [0.29, 0.717) is 18.2 Å². The molecule has 1 saturated carbocycles. The number of hydrogen-bond acceptors (Lipinski definition) is 4. The minimum atomic E-state index is -4.52. The van der Waals surface area contributed by atoms with Gasteiger partial charge < -0.3 is 10.4 Å². The second kappa shape index (κ2) is 5.42. The second-order valence-electron chi connectivity index (χ2n) is 4.70. The molecule has 1 aliphatic rings. The highest BCUT2D eigenvalue weighted by molar-refractivity contribution is 7.91. The number of benzene rings is 1. The van der Waals surface area contributed by atoms with Crippen LogP contribution in [0.5, 0.6) is 0 Å². The van der Waals surface area contributed by atoms with Gasteiger partial charge in [-0.25, -0.2) is 8.42 Å². The predicted molar refractivity (Wildman–Crippen MR) is 66.9 cm³/mol. The van der Waals surface area contributed by atoms with Crippen LogP contribution in [0.25, 0.3) is 0 Å². The molecule has 0 bridgehead atoms. The Balaban J connectivity index is 1.95. The summed E-state index contributed by atoms with van der Waals surface area (Å²) < 4.78 is 47.0. The normalized spacial score (nSPS) is 23.2. The van der Waals surface area contributed by atoms with Gasteiger partial charge in [0.2, 0.25) is 9.84 Å². The molecule has 1 aliphatic carbocycles. The lowest BCUT2D eigenvalue weighted by Gasteiger charge is -2.31. The summed E-state index contributed by atoms with van der Waals surface area (Å²) in [7, 11) is -4.52. The summed E-state index contributed by atoms with van der Waals surface area (Å²) in [4.78, 5) is -0.382. The Morgan fingerprint density at radius 1 is 1.26 bits per heavy atom. The Morgan fingerprint density at radius 2 is 1.84 bits per heavy atom. The summed E-state index contributed by atoms with van der Waals surface area (Å²) >= 11 is 0. The molecular formula is C12H15F2NO3S. The van der Waals surface area contributed by atoms with Crippen LogP contribution >= 0.6 is 0 Å².